The van der Waals surface area contributed by atoms with Gasteiger partial charge < -0.3 is 20.3 Å². The second kappa shape index (κ2) is 6.23. The van der Waals surface area contributed by atoms with Crippen molar-refractivity contribution in [1.82, 2.24) is 0 Å². The molecule has 0 radical (unpaired) electrons. The van der Waals surface area contributed by atoms with Crippen molar-refractivity contribution in [3.8, 4) is 11.5 Å². The molecule has 0 fully saturated rings. The van der Waals surface area contributed by atoms with Crippen LogP contribution in [0.15, 0.2) is 16.6 Å². The first-order valence-electron chi connectivity index (χ1n) is 5.40. The van der Waals surface area contributed by atoms with Crippen LogP contribution in [0, 0.1) is 0 Å². The number of hydrogen-bond donors (Lipinski definition) is 2. The van der Waals surface area contributed by atoms with Crippen molar-refractivity contribution < 1.29 is 14.6 Å². The molecule has 4 nitrogen and oxygen atoms in total. The normalized spacial score (nSPS) is 14.2. The molecule has 0 aromatic heterocycles. The lowest BCUT2D eigenvalue weighted by Crippen LogP contribution is -2.26. The zero-order valence-electron chi connectivity index (χ0n) is 10.2. The minimum atomic E-state index is -0.602. The summed E-state index contributed by atoms with van der Waals surface area (Å²) in [4.78, 5) is 0. The van der Waals surface area contributed by atoms with Gasteiger partial charge in [0.15, 0.2) is 0 Å². The molecule has 0 unspecified atom stereocenters. The molecule has 0 aliphatic heterocycles. The average molecular weight is 304 g/mol. The average Bonchev–Trinajstić information content (AvgIpc) is 2.36. The summed E-state index contributed by atoms with van der Waals surface area (Å²) in [5.41, 5.74) is 6.74. The Morgan fingerprint density at radius 3 is 2.35 bits per heavy atom. The second-order valence-corrected chi connectivity index (χ2v) is 4.58. The predicted octanol–water partition coefficient (Wildman–Crippen LogP) is 2.24. The Morgan fingerprint density at radius 1 is 1.29 bits per heavy atom. The highest BCUT2D eigenvalue weighted by atomic mass is 79.9. The Morgan fingerprint density at radius 2 is 1.88 bits per heavy atom. The molecule has 0 saturated heterocycles. The number of rotatable bonds is 5. The zero-order chi connectivity index (χ0) is 13.0. The minimum Gasteiger partial charge on any atom is -0.496 e. The summed E-state index contributed by atoms with van der Waals surface area (Å²) in [6.07, 6.45) is -0.0160. The van der Waals surface area contributed by atoms with Crippen molar-refractivity contribution in [3.63, 3.8) is 0 Å². The lowest BCUT2D eigenvalue weighted by Gasteiger charge is -2.21. The summed E-state index contributed by atoms with van der Waals surface area (Å²) >= 11 is 3.38. The highest BCUT2D eigenvalue weighted by Gasteiger charge is 2.21. The van der Waals surface area contributed by atoms with E-state index in [1.54, 1.807) is 26.4 Å². The molecule has 3 N–H and O–H groups in total. The van der Waals surface area contributed by atoms with Gasteiger partial charge in [-0.3, -0.25) is 0 Å². The Hall–Kier alpha value is -0.780. The highest BCUT2D eigenvalue weighted by Crippen LogP contribution is 2.36. The van der Waals surface area contributed by atoms with E-state index in [4.69, 9.17) is 15.2 Å². The third-order valence-corrected chi connectivity index (χ3v) is 3.32. The van der Waals surface area contributed by atoms with Gasteiger partial charge in [-0.05, 0) is 34.5 Å². The number of benzene rings is 1. The fraction of sp³-hybridized carbons (Fsp3) is 0.500. The molecule has 17 heavy (non-hydrogen) atoms. The van der Waals surface area contributed by atoms with Gasteiger partial charge in [0.05, 0.1) is 30.8 Å². The Balaban J connectivity index is 3.20. The predicted molar refractivity (Wildman–Crippen MR) is 70.5 cm³/mol. The smallest absolute Gasteiger partial charge is 0.133 e. The van der Waals surface area contributed by atoms with Crippen molar-refractivity contribution in [1.29, 1.82) is 0 Å². The number of aliphatic hydroxyl groups is 1. The quantitative estimate of drug-likeness (QED) is 0.875. The molecule has 2 atom stereocenters. The van der Waals surface area contributed by atoms with Crippen molar-refractivity contribution >= 4 is 15.9 Å². The molecule has 1 aromatic carbocycles. The van der Waals surface area contributed by atoms with Crippen molar-refractivity contribution in [2.45, 2.75) is 25.5 Å². The highest BCUT2D eigenvalue weighted by molar-refractivity contribution is 9.10. The summed E-state index contributed by atoms with van der Waals surface area (Å²) in [6, 6.07) is 3.08. The van der Waals surface area contributed by atoms with Crippen LogP contribution in [-0.4, -0.2) is 25.4 Å². The second-order valence-electron chi connectivity index (χ2n) is 3.73. The Bertz CT molecular complexity index is 384. The van der Waals surface area contributed by atoms with E-state index in [0.717, 1.165) is 10.0 Å². The maximum Gasteiger partial charge on any atom is 0.133 e. The lowest BCUT2D eigenvalue weighted by molar-refractivity contribution is 0.139. The molecule has 96 valence electrons. The zero-order valence-corrected chi connectivity index (χ0v) is 11.8. The van der Waals surface area contributed by atoms with Gasteiger partial charge in [0.25, 0.3) is 0 Å². The molecular formula is C12H18BrNO3. The van der Waals surface area contributed by atoms with Gasteiger partial charge in [0, 0.05) is 5.56 Å². The first kappa shape index (κ1) is 14.3. The third kappa shape index (κ3) is 3.12. The fourth-order valence-corrected chi connectivity index (χ4v) is 2.09. The van der Waals surface area contributed by atoms with E-state index in [2.05, 4.69) is 15.9 Å². The molecule has 1 rings (SSSR count). The van der Waals surface area contributed by atoms with Crippen LogP contribution in [0.1, 0.15) is 24.9 Å². The summed E-state index contributed by atoms with van der Waals surface area (Å²) in [7, 11) is 3.15. The number of nitrogens with two attached hydrogens (primary N) is 1. The molecular weight excluding hydrogens is 286 g/mol. The van der Waals surface area contributed by atoms with Crippen LogP contribution in [0.3, 0.4) is 0 Å². The third-order valence-electron chi connectivity index (χ3n) is 2.70. The van der Waals surface area contributed by atoms with E-state index in [1.807, 2.05) is 6.92 Å². The molecule has 0 spiro atoms. The van der Waals surface area contributed by atoms with Gasteiger partial charge >= 0.3 is 0 Å². The number of ether oxygens (including phenoxy) is 2. The van der Waals surface area contributed by atoms with Crippen molar-refractivity contribution in [3.05, 3.63) is 22.2 Å². The first-order chi connectivity index (χ1) is 8.04. The van der Waals surface area contributed by atoms with Gasteiger partial charge in [-0.15, -0.1) is 0 Å². The Kier molecular flexibility index (Phi) is 5.24. The largest absolute Gasteiger partial charge is 0.496 e. The molecule has 0 amide bonds. The number of methoxy groups -OCH3 is 2. The summed E-state index contributed by atoms with van der Waals surface area (Å²) in [5, 5.41) is 9.80. The van der Waals surface area contributed by atoms with Crippen LogP contribution in [0.2, 0.25) is 0 Å². The lowest BCUT2D eigenvalue weighted by atomic mass is 9.99. The maximum absolute atomic E-state index is 9.80. The van der Waals surface area contributed by atoms with E-state index in [9.17, 15) is 5.11 Å². The van der Waals surface area contributed by atoms with Crippen LogP contribution in [0.5, 0.6) is 11.5 Å². The van der Waals surface area contributed by atoms with Crippen LogP contribution in [0.25, 0.3) is 0 Å². The molecule has 1 aromatic rings. The van der Waals surface area contributed by atoms with Gasteiger partial charge in [0.2, 0.25) is 0 Å². The molecule has 5 heteroatoms. The van der Waals surface area contributed by atoms with Gasteiger partial charge in [-0.2, -0.15) is 0 Å². The van der Waals surface area contributed by atoms with Gasteiger partial charge in [0.1, 0.15) is 11.5 Å². The van der Waals surface area contributed by atoms with E-state index >= 15 is 0 Å². The van der Waals surface area contributed by atoms with Crippen molar-refractivity contribution in [2.75, 3.05) is 14.2 Å². The summed E-state index contributed by atoms with van der Waals surface area (Å²) in [6.45, 7) is 1.88. The molecule has 0 saturated carbocycles. The van der Waals surface area contributed by atoms with Crippen LogP contribution >= 0.6 is 15.9 Å². The number of aliphatic hydroxyl groups excluding tert-OH is 1. The van der Waals surface area contributed by atoms with Crippen LogP contribution in [-0.2, 0) is 0 Å². The number of hydrogen-bond acceptors (Lipinski definition) is 4. The maximum atomic E-state index is 9.80. The van der Waals surface area contributed by atoms with Gasteiger partial charge in [-0.1, -0.05) is 6.92 Å². The van der Waals surface area contributed by atoms with Gasteiger partial charge in [-0.25, -0.2) is 0 Å². The molecule has 0 aliphatic rings. The topological polar surface area (TPSA) is 64.7 Å². The monoisotopic (exact) mass is 303 g/mol. The van der Waals surface area contributed by atoms with Crippen LogP contribution in [0.4, 0.5) is 0 Å². The summed E-state index contributed by atoms with van der Waals surface area (Å²) in [5.74, 6) is 1.30. The molecule has 0 heterocycles. The van der Waals surface area contributed by atoms with Crippen LogP contribution < -0.4 is 15.2 Å². The number of halogens is 1. The first-order valence-corrected chi connectivity index (χ1v) is 6.19. The van der Waals surface area contributed by atoms with E-state index in [0.29, 0.717) is 17.9 Å². The van der Waals surface area contributed by atoms with E-state index in [-0.39, 0.29) is 0 Å². The summed E-state index contributed by atoms with van der Waals surface area (Å²) < 4.78 is 11.3. The molecule has 0 aliphatic carbocycles. The van der Waals surface area contributed by atoms with E-state index < -0.39 is 12.1 Å². The SMILES string of the molecule is CC[C@@H](O)[C@@H](N)c1cc(OC)c(Br)cc1OC. The minimum absolute atomic E-state index is 0.489. The van der Waals surface area contributed by atoms with Crippen molar-refractivity contribution in [2.24, 2.45) is 5.73 Å². The van der Waals surface area contributed by atoms with E-state index in [1.165, 1.54) is 0 Å². The Labute approximate surface area is 110 Å². The molecule has 0 bridgehead atoms. The fourth-order valence-electron chi connectivity index (χ4n) is 1.61. The standard InChI is InChI=1S/C12H18BrNO3/c1-4-9(15)12(14)7-5-11(17-3)8(13)6-10(7)16-2/h5-6,9,12,15H,4,14H2,1-3H3/t9-,12+/m1/s1.